The molecule has 0 aliphatic heterocycles. The number of nitrogens with one attached hydrogen (secondary N) is 1. The number of phenolic OH excluding ortho intramolecular Hbond substituents is 1. The van der Waals surface area contributed by atoms with E-state index in [4.69, 9.17) is 5.73 Å². The SMILES string of the molecule is CN(C)CC(=O)Nc1ccc2c(c1O)C(O)=C1C(=O)[C@]3(O)C(O)=C(C(N)=O)C(=O)[C@@H](N(C)C)[C@@H]3CC1C2. The Morgan fingerprint density at radius 3 is 2.35 bits per heavy atom. The number of benzene rings is 1. The highest BCUT2D eigenvalue weighted by Crippen LogP contribution is 2.53. The van der Waals surface area contributed by atoms with Gasteiger partial charge in [-0.1, -0.05) is 6.07 Å². The molecule has 12 nitrogen and oxygen atoms in total. The van der Waals surface area contributed by atoms with Crippen LogP contribution in [0.4, 0.5) is 5.69 Å². The molecule has 3 aliphatic carbocycles. The summed E-state index contributed by atoms with van der Waals surface area (Å²) in [5.41, 5.74) is 1.93. The van der Waals surface area contributed by atoms with Crippen LogP contribution in [0.25, 0.3) is 5.76 Å². The van der Waals surface area contributed by atoms with Crippen molar-refractivity contribution in [2.75, 3.05) is 40.1 Å². The Bertz CT molecular complexity index is 1300. The van der Waals surface area contributed by atoms with Gasteiger partial charge in [-0.25, -0.2) is 0 Å². The monoisotopic (exact) mass is 514 g/mol. The van der Waals surface area contributed by atoms with Crippen LogP contribution in [-0.4, -0.2) is 100.0 Å². The molecule has 1 saturated carbocycles. The number of fused-ring (bicyclic) bond motifs is 3. The summed E-state index contributed by atoms with van der Waals surface area (Å²) in [4.78, 5) is 54.2. The first-order chi connectivity index (χ1) is 17.2. The highest BCUT2D eigenvalue weighted by molar-refractivity contribution is 6.24. The van der Waals surface area contributed by atoms with Crippen molar-refractivity contribution in [2.24, 2.45) is 17.6 Å². The number of anilines is 1. The normalized spacial score (nSPS) is 27.3. The van der Waals surface area contributed by atoms with Crippen LogP contribution in [-0.2, 0) is 25.6 Å². The van der Waals surface area contributed by atoms with Gasteiger partial charge >= 0.3 is 0 Å². The largest absolute Gasteiger partial charge is 0.508 e. The number of likely N-dealkylation sites (N-methyl/N-ethyl adjacent to an activating group) is 2. The third kappa shape index (κ3) is 3.88. The number of hydrogen-bond donors (Lipinski definition) is 6. The average Bonchev–Trinajstić information content (AvgIpc) is 2.77. The van der Waals surface area contributed by atoms with Crippen LogP contribution >= 0.6 is 0 Å². The summed E-state index contributed by atoms with van der Waals surface area (Å²) in [6.45, 7) is 0.0398. The van der Waals surface area contributed by atoms with Crippen molar-refractivity contribution < 1.29 is 39.6 Å². The lowest BCUT2D eigenvalue weighted by atomic mass is 9.57. The molecule has 37 heavy (non-hydrogen) atoms. The average molecular weight is 515 g/mol. The van der Waals surface area contributed by atoms with E-state index < -0.39 is 69.7 Å². The zero-order chi connectivity index (χ0) is 27.6. The number of hydrogen-bond acceptors (Lipinski definition) is 10. The predicted octanol–water partition coefficient (Wildman–Crippen LogP) is -0.536. The van der Waals surface area contributed by atoms with Gasteiger partial charge in [0.15, 0.2) is 11.4 Å². The van der Waals surface area contributed by atoms with Crippen molar-refractivity contribution in [2.45, 2.75) is 24.5 Å². The quantitative estimate of drug-likeness (QED) is 0.220. The first-order valence-electron chi connectivity index (χ1n) is 11.7. The summed E-state index contributed by atoms with van der Waals surface area (Å²) in [5.74, 6) is -7.61. The molecular formula is C25H30N4O8. The molecule has 198 valence electrons. The van der Waals surface area contributed by atoms with Gasteiger partial charge in [0.1, 0.15) is 22.8 Å². The number of nitrogens with two attached hydrogens (primary N) is 1. The number of nitrogens with zero attached hydrogens (tertiary/aromatic N) is 2. The molecule has 0 radical (unpaired) electrons. The van der Waals surface area contributed by atoms with E-state index in [0.717, 1.165) is 0 Å². The van der Waals surface area contributed by atoms with E-state index >= 15 is 0 Å². The number of rotatable bonds is 5. The number of carbonyl (C=O) groups excluding carboxylic acids is 4. The standard InChI is InChI=1S/C25H30N4O8/c1-28(2)9-14(30)27-13-6-5-10-7-11-8-12-18(29(3)4)21(33)17(24(26)36)23(35)25(12,37)22(34)16(11)20(32)15(10)19(13)31/h5-6,11-12,18,31-32,35,37H,7-9H2,1-4H3,(H2,26,36)(H,27,30)/t11?,12-,18-,25-/m0/s1. The topological polar surface area (TPSA) is 194 Å². The summed E-state index contributed by atoms with van der Waals surface area (Å²) in [7, 11) is 6.47. The molecule has 0 aromatic heterocycles. The molecule has 1 aromatic carbocycles. The molecule has 3 aliphatic rings. The zero-order valence-electron chi connectivity index (χ0n) is 20.9. The van der Waals surface area contributed by atoms with Crippen LogP contribution in [0.3, 0.4) is 0 Å². The maximum Gasteiger partial charge on any atom is 0.255 e. The lowest BCUT2D eigenvalue weighted by Crippen LogP contribution is -2.65. The number of Topliss-reactive ketones (excluding diaryl/α,β-unsaturated/α-hetero) is 2. The van der Waals surface area contributed by atoms with E-state index in [0.29, 0.717) is 5.56 Å². The molecule has 1 fully saturated rings. The number of aliphatic hydroxyl groups is 3. The number of aromatic hydroxyl groups is 1. The number of phenols is 1. The molecule has 1 aromatic rings. The van der Waals surface area contributed by atoms with Crippen molar-refractivity contribution >= 4 is 34.8 Å². The van der Waals surface area contributed by atoms with Gasteiger partial charge < -0.3 is 36.4 Å². The van der Waals surface area contributed by atoms with Gasteiger partial charge in [-0.3, -0.25) is 24.1 Å². The molecule has 1 unspecified atom stereocenters. The van der Waals surface area contributed by atoms with Crippen LogP contribution in [0.2, 0.25) is 0 Å². The second-order valence-electron chi connectivity index (χ2n) is 10.2. The lowest BCUT2D eigenvalue weighted by molar-refractivity contribution is -0.153. The van der Waals surface area contributed by atoms with Crippen LogP contribution in [0.1, 0.15) is 17.5 Å². The summed E-state index contributed by atoms with van der Waals surface area (Å²) in [6, 6.07) is 1.96. The van der Waals surface area contributed by atoms with E-state index in [2.05, 4.69) is 5.32 Å². The third-order valence-electron chi connectivity index (χ3n) is 7.33. The smallest absolute Gasteiger partial charge is 0.255 e. The van der Waals surface area contributed by atoms with Gasteiger partial charge in [0.25, 0.3) is 5.91 Å². The fourth-order valence-corrected chi connectivity index (χ4v) is 5.80. The van der Waals surface area contributed by atoms with Gasteiger partial charge in [-0.15, -0.1) is 0 Å². The van der Waals surface area contributed by atoms with Gasteiger partial charge in [-0.05, 0) is 58.6 Å². The Morgan fingerprint density at radius 1 is 1.14 bits per heavy atom. The van der Waals surface area contributed by atoms with Gasteiger partial charge in [0.05, 0.1) is 23.8 Å². The minimum atomic E-state index is -2.70. The Morgan fingerprint density at radius 2 is 1.78 bits per heavy atom. The fraction of sp³-hybridized carbons (Fsp3) is 0.440. The van der Waals surface area contributed by atoms with E-state index in [-0.39, 0.29) is 36.2 Å². The van der Waals surface area contributed by atoms with Gasteiger partial charge in [0, 0.05) is 11.5 Å². The summed E-state index contributed by atoms with van der Waals surface area (Å²) >= 11 is 0. The highest BCUT2D eigenvalue weighted by Gasteiger charge is 2.64. The van der Waals surface area contributed by atoms with Crippen LogP contribution < -0.4 is 11.1 Å². The first kappa shape index (κ1) is 26.3. The molecule has 4 atom stereocenters. The van der Waals surface area contributed by atoms with E-state index in [1.54, 1.807) is 25.1 Å². The Labute approximate surface area is 212 Å². The minimum absolute atomic E-state index is 0.00778. The predicted molar refractivity (Wildman–Crippen MR) is 131 cm³/mol. The molecule has 7 N–H and O–H groups in total. The Balaban J connectivity index is 1.86. The van der Waals surface area contributed by atoms with Crippen LogP contribution in [0.15, 0.2) is 29.0 Å². The Kier molecular flexibility index (Phi) is 6.39. The van der Waals surface area contributed by atoms with E-state index in [1.165, 1.54) is 25.1 Å². The molecule has 0 bridgehead atoms. The van der Waals surface area contributed by atoms with Crippen molar-refractivity contribution in [3.8, 4) is 5.75 Å². The molecule has 0 saturated heterocycles. The maximum absolute atomic E-state index is 13.8. The number of carbonyl (C=O) groups is 4. The summed E-state index contributed by atoms with van der Waals surface area (Å²) < 4.78 is 0. The number of aliphatic hydroxyl groups excluding tert-OH is 2. The van der Waals surface area contributed by atoms with Crippen molar-refractivity contribution in [3.05, 3.63) is 40.2 Å². The Hall–Kier alpha value is -3.74. The van der Waals surface area contributed by atoms with Crippen molar-refractivity contribution in [1.29, 1.82) is 0 Å². The maximum atomic E-state index is 13.8. The summed E-state index contributed by atoms with van der Waals surface area (Å²) in [6.07, 6.45) is 0.182. The number of amides is 2. The molecule has 0 spiro atoms. The van der Waals surface area contributed by atoms with Crippen LogP contribution in [0, 0.1) is 11.8 Å². The van der Waals surface area contributed by atoms with E-state index in [9.17, 15) is 39.6 Å². The summed E-state index contributed by atoms with van der Waals surface area (Å²) in [5, 5.41) is 47.1. The zero-order valence-corrected chi connectivity index (χ0v) is 20.9. The van der Waals surface area contributed by atoms with Gasteiger partial charge in [-0.2, -0.15) is 0 Å². The molecule has 12 heteroatoms. The van der Waals surface area contributed by atoms with Crippen molar-refractivity contribution in [1.82, 2.24) is 9.80 Å². The molecule has 0 heterocycles. The number of ketones is 2. The highest BCUT2D eigenvalue weighted by atomic mass is 16.3. The molecular weight excluding hydrogens is 484 g/mol. The fourth-order valence-electron chi connectivity index (χ4n) is 5.80. The molecule has 2 amide bonds. The second kappa shape index (κ2) is 8.98. The van der Waals surface area contributed by atoms with Crippen molar-refractivity contribution in [3.63, 3.8) is 0 Å². The van der Waals surface area contributed by atoms with Crippen LogP contribution in [0.5, 0.6) is 5.75 Å². The minimum Gasteiger partial charge on any atom is -0.508 e. The lowest BCUT2D eigenvalue weighted by Gasteiger charge is -2.50. The van der Waals surface area contributed by atoms with Gasteiger partial charge in [0.2, 0.25) is 11.7 Å². The third-order valence-corrected chi connectivity index (χ3v) is 7.33. The first-order valence-corrected chi connectivity index (χ1v) is 11.7. The van der Waals surface area contributed by atoms with E-state index in [1.807, 2.05) is 0 Å². The molecule has 4 rings (SSSR count). The number of primary amides is 1. The second-order valence-corrected chi connectivity index (χ2v) is 10.2.